The van der Waals surface area contributed by atoms with Gasteiger partial charge in [0, 0.05) is 5.69 Å². The molecule has 1 aromatic heterocycles. The molecule has 0 atom stereocenters. The van der Waals surface area contributed by atoms with Crippen LogP contribution in [0.2, 0.25) is 0 Å². The summed E-state index contributed by atoms with van der Waals surface area (Å²) >= 11 is 1.13. The zero-order chi connectivity index (χ0) is 15.2. The number of anilines is 2. The summed E-state index contributed by atoms with van der Waals surface area (Å²) in [4.78, 5) is 15.5. The van der Waals surface area contributed by atoms with Crippen molar-refractivity contribution >= 4 is 28.1 Å². The fourth-order valence-corrected chi connectivity index (χ4v) is 2.57. The highest BCUT2D eigenvalue weighted by Crippen LogP contribution is 2.26. The van der Waals surface area contributed by atoms with Crippen LogP contribution in [0.4, 0.5) is 10.8 Å². The Kier molecular flexibility index (Phi) is 5.16. The Morgan fingerprint density at radius 1 is 1.38 bits per heavy atom. The molecule has 6 heteroatoms. The van der Waals surface area contributed by atoms with Crippen molar-refractivity contribution in [1.29, 1.82) is 0 Å². The van der Waals surface area contributed by atoms with E-state index >= 15 is 0 Å². The maximum atomic E-state index is 11.0. The molecule has 5 nitrogen and oxygen atoms in total. The normalized spacial score (nSPS) is 10.4. The number of aryl methyl sites for hydroxylation is 1. The van der Waals surface area contributed by atoms with Gasteiger partial charge < -0.3 is 15.2 Å². The van der Waals surface area contributed by atoms with Crippen LogP contribution in [-0.2, 0) is 0 Å². The van der Waals surface area contributed by atoms with Crippen molar-refractivity contribution in [2.45, 2.75) is 26.7 Å². The number of carboxylic acid groups (broad SMARTS) is 1. The lowest BCUT2D eigenvalue weighted by atomic mass is 10.3. The van der Waals surface area contributed by atoms with Crippen molar-refractivity contribution in [3.63, 3.8) is 0 Å². The molecular weight excluding hydrogens is 288 g/mol. The van der Waals surface area contributed by atoms with E-state index in [9.17, 15) is 4.79 Å². The lowest BCUT2D eigenvalue weighted by molar-refractivity contribution is 0.0701. The number of aromatic carboxylic acids is 1. The van der Waals surface area contributed by atoms with Gasteiger partial charge in [-0.2, -0.15) is 0 Å². The molecule has 0 saturated carbocycles. The van der Waals surface area contributed by atoms with Crippen LogP contribution >= 0.6 is 11.3 Å². The van der Waals surface area contributed by atoms with Crippen LogP contribution in [0.1, 0.15) is 35.1 Å². The number of ether oxygens (including phenoxy) is 1. The molecule has 0 fully saturated rings. The molecule has 0 radical (unpaired) electrons. The van der Waals surface area contributed by atoms with E-state index in [1.165, 1.54) is 0 Å². The number of carbonyl (C=O) groups is 1. The minimum absolute atomic E-state index is 0.261. The van der Waals surface area contributed by atoms with Gasteiger partial charge in [0.15, 0.2) is 5.13 Å². The van der Waals surface area contributed by atoms with Crippen LogP contribution in [0.5, 0.6) is 5.75 Å². The highest BCUT2D eigenvalue weighted by molar-refractivity contribution is 7.17. The fourth-order valence-electron chi connectivity index (χ4n) is 1.74. The molecule has 21 heavy (non-hydrogen) atoms. The number of nitrogens with zero attached hydrogens (tertiary/aromatic N) is 1. The molecule has 0 aliphatic carbocycles. The molecule has 2 rings (SSSR count). The van der Waals surface area contributed by atoms with Crippen LogP contribution in [0.25, 0.3) is 0 Å². The molecule has 0 aliphatic heterocycles. The number of rotatable bonds is 7. The number of nitrogens with one attached hydrogen (secondary N) is 1. The lowest BCUT2D eigenvalue weighted by Gasteiger charge is -2.07. The Labute approximate surface area is 127 Å². The number of thiazole rings is 1. The number of hydrogen-bond donors (Lipinski definition) is 2. The fraction of sp³-hybridized carbons (Fsp3) is 0.333. The molecule has 0 unspecified atom stereocenters. The minimum Gasteiger partial charge on any atom is -0.494 e. The third-order valence-corrected chi connectivity index (χ3v) is 3.92. The smallest absolute Gasteiger partial charge is 0.347 e. The average Bonchev–Trinajstić information content (AvgIpc) is 2.82. The molecule has 0 saturated heterocycles. The first-order chi connectivity index (χ1) is 10.1. The Morgan fingerprint density at radius 3 is 2.67 bits per heavy atom. The maximum absolute atomic E-state index is 11.0. The number of hydrogen-bond acceptors (Lipinski definition) is 5. The van der Waals surface area contributed by atoms with Crippen LogP contribution in [0.15, 0.2) is 24.3 Å². The van der Waals surface area contributed by atoms with E-state index in [0.717, 1.165) is 42.2 Å². The first kappa shape index (κ1) is 15.3. The monoisotopic (exact) mass is 306 g/mol. The Morgan fingerprint density at radius 2 is 2.10 bits per heavy atom. The lowest BCUT2D eigenvalue weighted by Crippen LogP contribution is -1.96. The van der Waals surface area contributed by atoms with Crippen molar-refractivity contribution in [3.05, 3.63) is 34.8 Å². The molecule has 0 amide bonds. The van der Waals surface area contributed by atoms with Crippen molar-refractivity contribution in [2.75, 3.05) is 11.9 Å². The molecule has 0 bridgehead atoms. The molecule has 0 aliphatic rings. The topological polar surface area (TPSA) is 71.5 Å². The standard InChI is InChI=1S/C15H18N2O3S/c1-3-4-9-20-12-7-5-11(6-8-12)17-15-16-10(2)13(21-15)14(18)19/h5-8H,3-4,9H2,1-2H3,(H,16,17)(H,18,19). The highest BCUT2D eigenvalue weighted by Gasteiger charge is 2.13. The van der Waals surface area contributed by atoms with Gasteiger partial charge in [0.2, 0.25) is 0 Å². The van der Waals surface area contributed by atoms with Gasteiger partial charge in [-0.3, -0.25) is 0 Å². The maximum Gasteiger partial charge on any atom is 0.347 e. The number of aromatic nitrogens is 1. The summed E-state index contributed by atoms with van der Waals surface area (Å²) in [7, 11) is 0. The highest BCUT2D eigenvalue weighted by atomic mass is 32.1. The van der Waals surface area contributed by atoms with Gasteiger partial charge in [-0.05, 0) is 37.6 Å². The third kappa shape index (κ3) is 4.19. The Hall–Kier alpha value is -2.08. The van der Waals surface area contributed by atoms with Gasteiger partial charge in [0.05, 0.1) is 12.3 Å². The SMILES string of the molecule is CCCCOc1ccc(Nc2nc(C)c(C(=O)O)s2)cc1. The van der Waals surface area contributed by atoms with Crippen LogP contribution < -0.4 is 10.1 Å². The molecule has 2 N–H and O–H groups in total. The molecule has 112 valence electrons. The molecular formula is C15H18N2O3S. The first-order valence-corrected chi connectivity index (χ1v) is 7.62. The zero-order valence-corrected chi connectivity index (χ0v) is 12.9. The minimum atomic E-state index is -0.947. The summed E-state index contributed by atoms with van der Waals surface area (Å²) in [5.41, 5.74) is 1.37. The van der Waals surface area contributed by atoms with Crippen LogP contribution in [-0.4, -0.2) is 22.7 Å². The molecule has 2 aromatic rings. The van der Waals surface area contributed by atoms with E-state index in [0.29, 0.717) is 10.8 Å². The predicted molar refractivity (Wildman–Crippen MR) is 83.9 cm³/mol. The van der Waals surface area contributed by atoms with Crippen molar-refractivity contribution < 1.29 is 14.6 Å². The van der Waals surface area contributed by atoms with Gasteiger partial charge in [-0.25, -0.2) is 9.78 Å². The average molecular weight is 306 g/mol. The second-order valence-corrected chi connectivity index (χ2v) is 5.59. The van der Waals surface area contributed by atoms with Crippen molar-refractivity contribution in [3.8, 4) is 5.75 Å². The quantitative estimate of drug-likeness (QED) is 0.754. The van der Waals surface area contributed by atoms with E-state index in [4.69, 9.17) is 9.84 Å². The van der Waals surface area contributed by atoms with E-state index < -0.39 is 5.97 Å². The third-order valence-electron chi connectivity index (χ3n) is 2.86. The van der Waals surface area contributed by atoms with Gasteiger partial charge in [-0.1, -0.05) is 24.7 Å². The Balaban J connectivity index is 2.00. The van der Waals surface area contributed by atoms with Crippen molar-refractivity contribution in [2.24, 2.45) is 0 Å². The van der Waals surface area contributed by atoms with Crippen LogP contribution in [0.3, 0.4) is 0 Å². The summed E-state index contributed by atoms with van der Waals surface area (Å²) in [5, 5.41) is 12.7. The zero-order valence-electron chi connectivity index (χ0n) is 12.0. The van der Waals surface area contributed by atoms with Gasteiger partial charge >= 0.3 is 5.97 Å². The number of benzene rings is 1. The predicted octanol–water partition coefficient (Wildman–Crippen LogP) is 4.07. The Bertz CT molecular complexity index is 608. The molecule has 0 spiro atoms. The second kappa shape index (κ2) is 7.08. The molecule has 1 heterocycles. The largest absolute Gasteiger partial charge is 0.494 e. The van der Waals surface area contributed by atoms with Crippen LogP contribution in [0, 0.1) is 6.92 Å². The van der Waals surface area contributed by atoms with Gasteiger partial charge in [0.1, 0.15) is 10.6 Å². The first-order valence-electron chi connectivity index (χ1n) is 6.80. The summed E-state index contributed by atoms with van der Waals surface area (Å²) in [6, 6.07) is 7.55. The number of carboxylic acids is 1. The van der Waals surface area contributed by atoms with Gasteiger partial charge in [0.25, 0.3) is 0 Å². The summed E-state index contributed by atoms with van der Waals surface area (Å²) < 4.78 is 5.59. The molecule has 1 aromatic carbocycles. The summed E-state index contributed by atoms with van der Waals surface area (Å²) in [6.07, 6.45) is 2.14. The van der Waals surface area contributed by atoms with E-state index in [2.05, 4.69) is 17.2 Å². The second-order valence-electron chi connectivity index (χ2n) is 4.59. The van der Waals surface area contributed by atoms with E-state index in [1.54, 1.807) is 6.92 Å². The summed E-state index contributed by atoms with van der Waals surface area (Å²) in [5.74, 6) is -0.117. The number of unbranched alkanes of at least 4 members (excludes halogenated alkanes) is 1. The van der Waals surface area contributed by atoms with Gasteiger partial charge in [-0.15, -0.1) is 0 Å². The van der Waals surface area contributed by atoms with Crippen molar-refractivity contribution in [1.82, 2.24) is 4.98 Å². The summed E-state index contributed by atoms with van der Waals surface area (Å²) in [6.45, 7) is 4.53. The van der Waals surface area contributed by atoms with E-state index in [-0.39, 0.29) is 4.88 Å². The van der Waals surface area contributed by atoms with E-state index in [1.807, 2.05) is 24.3 Å².